The molecule has 320 valence electrons. The SMILES string of the molecule is O=P(c1ccccc1)(c1ccccc1)c1ccc(-c2ccc3c(c2)C(c2ccccc2)(c2ccccc2)c2cc(-c4ccc5nc(-c6ccccc6)n6c7ccccc7nc6c5c4)ccc2-3)cc1. The zero-order valence-corrected chi connectivity index (χ0v) is 37.8. The number of hydrogen-bond donors (Lipinski definition) is 0. The van der Waals surface area contributed by atoms with Crippen LogP contribution < -0.4 is 15.9 Å². The molecular formula is C63H42N3OP. The predicted octanol–water partition coefficient (Wildman–Crippen LogP) is 14.0. The molecule has 13 rings (SSSR count). The number of para-hydroxylation sites is 2. The highest BCUT2D eigenvalue weighted by atomic mass is 31.2. The van der Waals surface area contributed by atoms with Crippen LogP contribution in [0.15, 0.2) is 255 Å². The predicted molar refractivity (Wildman–Crippen MR) is 281 cm³/mol. The Hall–Kier alpha value is -8.43. The van der Waals surface area contributed by atoms with E-state index in [-0.39, 0.29) is 0 Å². The van der Waals surface area contributed by atoms with E-state index in [1.54, 1.807) is 0 Å². The van der Waals surface area contributed by atoms with Crippen molar-refractivity contribution in [3.63, 3.8) is 0 Å². The standard InChI is InChI=1S/C63H42N3OP/c67-68(50-24-12-4-13-25-50,51-26-14-5-15-27-51)52-35-30-43(31-36-52)46-32-37-53-54-38-33-47(42-57(54)63(56(53)41-46,48-20-8-2-9-21-48)49-22-10-3-11-23-49)45-34-39-58-55(40-45)62-65-59-28-16-17-29-60(59)66(62)61(64-58)44-18-6-1-7-19-44/h1-42H. The van der Waals surface area contributed by atoms with Crippen molar-refractivity contribution in [3.8, 4) is 44.8 Å². The molecule has 12 aromatic rings. The summed E-state index contributed by atoms with van der Waals surface area (Å²) >= 11 is 0. The number of nitrogens with zero attached hydrogens (tertiary/aromatic N) is 3. The molecule has 0 aliphatic heterocycles. The lowest BCUT2D eigenvalue weighted by Gasteiger charge is -2.34. The van der Waals surface area contributed by atoms with E-state index in [2.05, 4.69) is 186 Å². The lowest BCUT2D eigenvalue weighted by atomic mass is 9.67. The third-order valence-electron chi connectivity index (χ3n) is 14.0. The monoisotopic (exact) mass is 887 g/mol. The first-order valence-corrected chi connectivity index (χ1v) is 24.8. The van der Waals surface area contributed by atoms with Gasteiger partial charge in [-0.05, 0) is 92.0 Å². The van der Waals surface area contributed by atoms with Gasteiger partial charge in [-0.15, -0.1) is 0 Å². The zero-order valence-electron chi connectivity index (χ0n) is 36.9. The molecule has 0 fully saturated rings. The summed E-state index contributed by atoms with van der Waals surface area (Å²) in [5.41, 5.74) is 15.8. The number of imidazole rings is 1. The van der Waals surface area contributed by atoms with E-state index in [0.717, 1.165) is 77.1 Å². The normalized spacial score (nSPS) is 12.9. The van der Waals surface area contributed by atoms with Gasteiger partial charge >= 0.3 is 0 Å². The summed E-state index contributed by atoms with van der Waals surface area (Å²) in [6.45, 7) is 0. The van der Waals surface area contributed by atoms with Crippen molar-refractivity contribution in [1.29, 1.82) is 0 Å². The molecular weight excluding hydrogens is 846 g/mol. The zero-order chi connectivity index (χ0) is 45.2. The summed E-state index contributed by atoms with van der Waals surface area (Å²) in [6, 6.07) is 89.3. The van der Waals surface area contributed by atoms with Gasteiger partial charge in [0.05, 0.1) is 22.0 Å². The summed E-state index contributed by atoms with van der Waals surface area (Å²) in [6.07, 6.45) is 0. The minimum atomic E-state index is -3.13. The Bertz CT molecular complexity index is 3830. The summed E-state index contributed by atoms with van der Waals surface area (Å²) in [5, 5.41) is 3.46. The van der Waals surface area contributed by atoms with Gasteiger partial charge in [0.1, 0.15) is 11.5 Å². The fraction of sp³-hybridized carbons (Fsp3) is 0.0159. The van der Waals surface area contributed by atoms with Gasteiger partial charge in [-0.25, -0.2) is 9.97 Å². The first-order chi connectivity index (χ1) is 33.6. The van der Waals surface area contributed by atoms with Gasteiger partial charge < -0.3 is 4.57 Å². The maximum absolute atomic E-state index is 15.3. The highest BCUT2D eigenvalue weighted by Crippen LogP contribution is 2.57. The molecule has 4 nitrogen and oxygen atoms in total. The average molecular weight is 888 g/mol. The molecule has 0 N–H and O–H groups in total. The van der Waals surface area contributed by atoms with Gasteiger partial charge in [0.15, 0.2) is 7.14 Å². The van der Waals surface area contributed by atoms with Gasteiger partial charge in [-0.1, -0.05) is 218 Å². The van der Waals surface area contributed by atoms with Crippen molar-refractivity contribution in [3.05, 3.63) is 277 Å². The van der Waals surface area contributed by atoms with Crippen molar-refractivity contribution < 1.29 is 4.57 Å². The Morgan fingerprint density at radius 2 is 0.824 bits per heavy atom. The van der Waals surface area contributed by atoms with E-state index in [9.17, 15) is 0 Å². The van der Waals surface area contributed by atoms with Crippen molar-refractivity contribution in [1.82, 2.24) is 14.4 Å². The molecule has 0 unspecified atom stereocenters. The molecule has 68 heavy (non-hydrogen) atoms. The van der Waals surface area contributed by atoms with Crippen molar-refractivity contribution in [2.75, 3.05) is 0 Å². The van der Waals surface area contributed by atoms with E-state index < -0.39 is 12.6 Å². The van der Waals surface area contributed by atoms with Crippen LogP contribution in [0.2, 0.25) is 0 Å². The number of hydrogen-bond acceptors (Lipinski definition) is 3. The van der Waals surface area contributed by atoms with Gasteiger partial charge in [-0.3, -0.25) is 4.40 Å². The van der Waals surface area contributed by atoms with Crippen molar-refractivity contribution >= 4 is 50.6 Å². The summed E-state index contributed by atoms with van der Waals surface area (Å²) in [4.78, 5) is 10.5. The molecule has 1 aliphatic carbocycles. The first-order valence-electron chi connectivity index (χ1n) is 23.1. The Morgan fingerprint density at radius 3 is 1.41 bits per heavy atom. The van der Waals surface area contributed by atoms with Crippen LogP contribution in [-0.4, -0.2) is 14.4 Å². The van der Waals surface area contributed by atoms with E-state index in [1.165, 1.54) is 33.4 Å². The molecule has 0 saturated heterocycles. The third-order valence-corrected chi connectivity index (χ3v) is 17.0. The number of rotatable bonds is 8. The Labute approximate surface area is 394 Å². The molecule has 2 heterocycles. The maximum atomic E-state index is 15.3. The fourth-order valence-electron chi connectivity index (χ4n) is 10.8. The van der Waals surface area contributed by atoms with Gasteiger partial charge in [0.25, 0.3) is 0 Å². The lowest BCUT2D eigenvalue weighted by Crippen LogP contribution is -2.28. The molecule has 0 atom stereocenters. The van der Waals surface area contributed by atoms with Crippen LogP contribution in [0.1, 0.15) is 22.3 Å². The number of fused-ring (bicyclic) bond motifs is 8. The van der Waals surface area contributed by atoms with Gasteiger partial charge in [0.2, 0.25) is 0 Å². The first kappa shape index (κ1) is 39.9. The fourth-order valence-corrected chi connectivity index (χ4v) is 13.4. The van der Waals surface area contributed by atoms with Crippen LogP contribution in [0, 0.1) is 0 Å². The van der Waals surface area contributed by atoms with Crippen LogP contribution in [0.4, 0.5) is 0 Å². The topological polar surface area (TPSA) is 47.3 Å². The van der Waals surface area contributed by atoms with Crippen LogP contribution in [0.5, 0.6) is 0 Å². The number of aromatic nitrogens is 3. The van der Waals surface area contributed by atoms with E-state index in [4.69, 9.17) is 9.97 Å². The van der Waals surface area contributed by atoms with Crippen LogP contribution in [-0.2, 0) is 9.98 Å². The molecule has 5 heteroatoms. The molecule has 2 aromatic heterocycles. The maximum Gasteiger partial charge on any atom is 0.171 e. The molecule has 0 radical (unpaired) electrons. The molecule has 0 spiro atoms. The molecule has 0 bridgehead atoms. The minimum Gasteiger partial charge on any atom is -0.309 e. The highest BCUT2D eigenvalue weighted by Gasteiger charge is 2.46. The second kappa shape index (κ2) is 15.9. The summed E-state index contributed by atoms with van der Waals surface area (Å²) in [5.74, 6) is 0.870. The Balaban J connectivity index is 0.980. The summed E-state index contributed by atoms with van der Waals surface area (Å²) in [7, 11) is -3.13. The largest absolute Gasteiger partial charge is 0.309 e. The third kappa shape index (κ3) is 6.12. The van der Waals surface area contributed by atoms with E-state index in [1.807, 2.05) is 72.8 Å². The second-order valence-electron chi connectivity index (χ2n) is 17.6. The van der Waals surface area contributed by atoms with Gasteiger partial charge in [-0.2, -0.15) is 0 Å². The van der Waals surface area contributed by atoms with Crippen LogP contribution in [0.3, 0.4) is 0 Å². The second-order valence-corrected chi connectivity index (χ2v) is 20.4. The van der Waals surface area contributed by atoms with E-state index in [0.29, 0.717) is 0 Å². The number of benzene rings is 10. The Morgan fingerprint density at radius 1 is 0.368 bits per heavy atom. The highest BCUT2D eigenvalue weighted by molar-refractivity contribution is 7.85. The summed E-state index contributed by atoms with van der Waals surface area (Å²) < 4.78 is 17.5. The lowest BCUT2D eigenvalue weighted by molar-refractivity contribution is 0.592. The van der Waals surface area contributed by atoms with Gasteiger partial charge in [0, 0.05) is 26.9 Å². The molecule has 1 aliphatic rings. The quantitative estimate of drug-likeness (QED) is 0.143. The molecule has 0 saturated carbocycles. The Kier molecular flexibility index (Phi) is 9.32. The average Bonchev–Trinajstić information content (AvgIpc) is 3.96. The smallest absolute Gasteiger partial charge is 0.171 e. The van der Waals surface area contributed by atoms with Crippen LogP contribution >= 0.6 is 7.14 Å². The van der Waals surface area contributed by atoms with Crippen molar-refractivity contribution in [2.45, 2.75) is 5.41 Å². The minimum absolute atomic E-state index is 0.632. The molecule has 10 aromatic carbocycles. The van der Waals surface area contributed by atoms with Crippen molar-refractivity contribution in [2.24, 2.45) is 0 Å². The van der Waals surface area contributed by atoms with E-state index >= 15 is 4.57 Å². The molecule has 0 amide bonds. The van der Waals surface area contributed by atoms with Crippen LogP contribution in [0.25, 0.3) is 72.4 Å².